The molecular formula is C17H25NO. The van der Waals surface area contributed by atoms with Crippen LogP contribution >= 0.6 is 0 Å². The molecule has 104 valence electrons. The molecule has 2 atom stereocenters. The summed E-state index contributed by atoms with van der Waals surface area (Å²) >= 11 is 0. The Bertz CT molecular complexity index is 453. The van der Waals surface area contributed by atoms with Crippen molar-refractivity contribution in [1.29, 1.82) is 0 Å². The Morgan fingerprint density at radius 1 is 1.21 bits per heavy atom. The number of aryl methyl sites for hydroxylation is 2. The van der Waals surface area contributed by atoms with Crippen molar-refractivity contribution in [3.8, 4) is 0 Å². The van der Waals surface area contributed by atoms with Gasteiger partial charge in [-0.15, -0.1) is 0 Å². The van der Waals surface area contributed by atoms with Crippen LogP contribution in [-0.2, 0) is 11.2 Å². The molecule has 2 N–H and O–H groups in total. The molecule has 19 heavy (non-hydrogen) atoms. The van der Waals surface area contributed by atoms with Gasteiger partial charge in [0.2, 0.25) is 0 Å². The Hall–Kier alpha value is -1.15. The van der Waals surface area contributed by atoms with E-state index in [0.29, 0.717) is 12.2 Å². The van der Waals surface area contributed by atoms with Gasteiger partial charge in [-0.25, -0.2) is 0 Å². The molecule has 1 fully saturated rings. The van der Waals surface area contributed by atoms with Gasteiger partial charge in [0.25, 0.3) is 0 Å². The lowest BCUT2D eigenvalue weighted by Crippen LogP contribution is -2.35. The van der Waals surface area contributed by atoms with E-state index in [1.807, 2.05) is 0 Å². The van der Waals surface area contributed by atoms with Gasteiger partial charge in [-0.1, -0.05) is 43.0 Å². The second kappa shape index (κ2) is 6.33. The molecule has 0 aliphatic heterocycles. The maximum absolute atomic E-state index is 12.5. The number of hydrogen-bond donors (Lipinski definition) is 1. The molecule has 0 radical (unpaired) electrons. The van der Waals surface area contributed by atoms with E-state index in [9.17, 15) is 4.79 Å². The van der Waals surface area contributed by atoms with Gasteiger partial charge in [-0.2, -0.15) is 0 Å². The van der Waals surface area contributed by atoms with E-state index in [2.05, 4.69) is 32.0 Å². The molecule has 0 saturated heterocycles. The summed E-state index contributed by atoms with van der Waals surface area (Å²) in [6.45, 7) is 4.15. The standard InChI is InChI=1S/C17H25NO/c1-12-8-9-13(2)14(10-12)11-17(19)15-6-4-3-5-7-16(15)18/h8-10,15-16H,3-7,11,18H2,1-2H3. The molecule has 0 aromatic heterocycles. The fourth-order valence-electron chi connectivity index (χ4n) is 3.05. The lowest BCUT2D eigenvalue weighted by molar-refractivity contribution is -0.123. The highest BCUT2D eigenvalue weighted by Crippen LogP contribution is 2.25. The Morgan fingerprint density at radius 3 is 2.74 bits per heavy atom. The minimum atomic E-state index is 0.0696. The highest BCUT2D eigenvalue weighted by atomic mass is 16.1. The monoisotopic (exact) mass is 259 g/mol. The van der Waals surface area contributed by atoms with Crippen LogP contribution in [0.4, 0.5) is 0 Å². The summed E-state index contributed by atoms with van der Waals surface area (Å²) in [5.41, 5.74) is 9.78. The first-order chi connectivity index (χ1) is 9.08. The lowest BCUT2D eigenvalue weighted by atomic mass is 9.87. The quantitative estimate of drug-likeness (QED) is 0.846. The summed E-state index contributed by atoms with van der Waals surface area (Å²) in [6.07, 6.45) is 6.08. The molecule has 2 unspecified atom stereocenters. The van der Waals surface area contributed by atoms with Gasteiger partial charge in [0.15, 0.2) is 0 Å². The Morgan fingerprint density at radius 2 is 1.95 bits per heavy atom. The smallest absolute Gasteiger partial charge is 0.141 e. The van der Waals surface area contributed by atoms with Gasteiger partial charge in [0.05, 0.1) is 0 Å². The minimum Gasteiger partial charge on any atom is -0.327 e. The zero-order valence-electron chi connectivity index (χ0n) is 12.1. The average Bonchev–Trinajstić information content (AvgIpc) is 2.58. The summed E-state index contributed by atoms with van der Waals surface area (Å²) < 4.78 is 0. The van der Waals surface area contributed by atoms with E-state index in [1.165, 1.54) is 29.5 Å². The number of rotatable bonds is 3. The van der Waals surface area contributed by atoms with Crippen LogP contribution in [0, 0.1) is 19.8 Å². The van der Waals surface area contributed by atoms with Crippen molar-refractivity contribution in [2.45, 2.75) is 58.4 Å². The fraction of sp³-hybridized carbons (Fsp3) is 0.588. The van der Waals surface area contributed by atoms with Gasteiger partial charge in [0.1, 0.15) is 5.78 Å². The number of nitrogens with two attached hydrogens (primary N) is 1. The summed E-state index contributed by atoms with van der Waals surface area (Å²) in [5.74, 6) is 0.408. The van der Waals surface area contributed by atoms with Crippen molar-refractivity contribution in [2.75, 3.05) is 0 Å². The van der Waals surface area contributed by atoms with Crippen molar-refractivity contribution in [3.05, 3.63) is 34.9 Å². The van der Waals surface area contributed by atoms with Crippen molar-refractivity contribution in [3.63, 3.8) is 0 Å². The molecule has 1 aromatic carbocycles. The van der Waals surface area contributed by atoms with E-state index in [1.54, 1.807) is 0 Å². The normalized spacial score (nSPS) is 23.9. The Kier molecular flexibility index (Phi) is 4.76. The predicted octanol–water partition coefficient (Wildman–Crippen LogP) is 3.32. The maximum Gasteiger partial charge on any atom is 0.141 e. The van der Waals surface area contributed by atoms with Crippen molar-refractivity contribution >= 4 is 5.78 Å². The zero-order chi connectivity index (χ0) is 13.8. The number of Topliss-reactive ketones (excluding diaryl/α,β-unsaturated/α-hetero) is 1. The van der Waals surface area contributed by atoms with Crippen molar-refractivity contribution < 1.29 is 4.79 Å². The topological polar surface area (TPSA) is 43.1 Å². The van der Waals surface area contributed by atoms with Crippen molar-refractivity contribution in [2.24, 2.45) is 11.7 Å². The minimum absolute atomic E-state index is 0.0696. The maximum atomic E-state index is 12.5. The highest BCUT2D eigenvalue weighted by molar-refractivity contribution is 5.84. The first-order valence-electron chi connectivity index (χ1n) is 7.42. The lowest BCUT2D eigenvalue weighted by Gasteiger charge is -2.20. The fourth-order valence-corrected chi connectivity index (χ4v) is 3.05. The van der Waals surface area contributed by atoms with Gasteiger partial charge in [0, 0.05) is 18.4 Å². The third kappa shape index (κ3) is 3.66. The van der Waals surface area contributed by atoms with E-state index < -0.39 is 0 Å². The molecule has 1 aliphatic rings. The Labute approximate surface area is 116 Å². The van der Waals surface area contributed by atoms with Crippen molar-refractivity contribution in [1.82, 2.24) is 0 Å². The Balaban J connectivity index is 2.09. The summed E-state index contributed by atoms with van der Waals surface area (Å²) in [7, 11) is 0. The first kappa shape index (κ1) is 14.3. The zero-order valence-corrected chi connectivity index (χ0v) is 12.1. The van der Waals surface area contributed by atoms with Crippen LogP contribution in [0.1, 0.15) is 48.8 Å². The van der Waals surface area contributed by atoms with Gasteiger partial charge in [-0.05, 0) is 37.8 Å². The molecule has 2 rings (SSSR count). The second-order valence-corrected chi connectivity index (χ2v) is 5.98. The third-order valence-electron chi connectivity index (χ3n) is 4.35. The van der Waals surface area contributed by atoms with Crippen LogP contribution < -0.4 is 5.73 Å². The molecule has 0 amide bonds. The SMILES string of the molecule is Cc1ccc(C)c(CC(=O)C2CCCCCC2N)c1. The van der Waals surface area contributed by atoms with E-state index in [0.717, 1.165) is 19.3 Å². The van der Waals surface area contributed by atoms with Crippen LogP contribution in [0.15, 0.2) is 18.2 Å². The molecule has 0 heterocycles. The predicted molar refractivity (Wildman–Crippen MR) is 79.2 cm³/mol. The van der Waals surface area contributed by atoms with E-state index in [-0.39, 0.29) is 12.0 Å². The van der Waals surface area contributed by atoms with Gasteiger partial charge < -0.3 is 5.73 Å². The second-order valence-electron chi connectivity index (χ2n) is 5.98. The van der Waals surface area contributed by atoms with Gasteiger partial charge >= 0.3 is 0 Å². The molecule has 0 bridgehead atoms. The average molecular weight is 259 g/mol. The number of ketones is 1. The number of benzene rings is 1. The molecule has 1 aromatic rings. The summed E-state index contributed by atoms with van der Waals surface area (Å²) in [4.78, 5) is 12.5. The van der Waals surface area contributed by atoms with Crippen LogP contribution in [0.25, 0.3) is 0 Å². The first-order valence-corrected chi connectivity index (χ1v) is 7.42. The van der Waals surface area contributed by atoms with Gasteiger partial charge in [-0.3, -0.25) is 4.79 Å². The largest absolute Gasteiger partial charge is 0.327 e. The number of carbonyl (C=O) groups excluding carboxylic acids is 1. The third-order valence-corrected chi connectivity index (χ3v) is 4.35. The molecule has 1 aliphatic carbocycles. The summed E-state index contributed by atoms with van der Waals surface area (Å²) in [5, 5.41) is 0. The molecule has 0 spiro atoms. The van der Waals surface area contributed by atoms with E-state index in [4.69, 9.17) is 5.73 Å². The van der Waals surface area contributed by atoms with E-state index >= 15 is 0 Å². The van der Waals surface area contributed by atoms with Crippen LogP contribution in [-0.4, -0.2) is 11.8 Å². The molecule has 2 heteroatoms. The molecule has 1 saturated carbocycles. The number of hydrogen-bond acceptors (Lipinski definition) is 2. The summed E-state index contributed by atoms with van der Waals surface area (Å²) in [6, 6.07) is 6.40. The van der Waals surface area contributed by atoms with Crippen LogP contribution in [0.5, 0.6) is 0 Å². The van der Waals surface area contributed by atoms with Crippen LogP contribution in [0.2, 0.25) is 0 Å². The number of carbonyl (C=O) groups is 1. The molecular weight excluding hydrogens is 234 g/mol. The molecule has 2 nitrogen and oxygen atoms in total. The van der Waals surface area contributed by atoms with Crippen LogP contribution in [0.3, 0.4) is 0 Å². The highest BCUT2D eigenvalue weighted by Gasteiger charge is 2.26.